The van der Waals surface area contributed by atoms with Crippen molar-refractivity contribution in [1.82, 2.24) is 9.88 Å². The van der Waals surface area contributed by atoms with Crippen molar-refractivity contribution in [2.45, 2.75) is 6.04 Å². The zero-order chi connectivity index (χ0) is 20.8. The number of benzene rings is 3. The van der Waals surface area contributed by atoms with E-state index in [0.29, 0.717) is 16.6 Å². The monoisotopic (exact) mass is 432 g/mol. The molecule has 4 aromatic rings. The lowest BCUT2D eigenvalue weighted by Crippen LogP contribution is -2.29. The first-order valence-electron chi connectivity index (χ1n) is 9.67. The topological polar surface area (TPSA) is 36.1 Å². The van der Waals surface area contributed by atoms with Crippen molar-refractivity contribution in [3.05, 3.63) is 106 Å². The highest BCUT2D eigenvalue weighted by Crippen LogP contribution is 2.46. The van der Waals surface area contributed by atoms with E-state index < -0.39 is 0 Å². The predicted octanol–water partition coefficient (Wildman–Crippen LogP) is 6.87. The van der Waals surface area contributed by atoms with Crippen LogP contribution < -0.4 is 0 Å². The quantitative estimate of drug-likeness (QED) is 0.350. The minimum absolute atomic E-state index is 0.00827. The van der Waals surface area contributed by atoms with Gasteiger partial charge in [-0.2, -0.15) is 0 Å². The number of amides is 1. The van der Waals surface area contributed by atoms with Crippen molar-refractivity contribution in [2.24, 2.45) is 0 Å². The molecule has 1 aliphatic heterocycles. The summed E-state index contributed by atoms with van der Waals surface area (Å²) in [5, 5.41) is 2.20. The molecule has 1 aliphatic rings. The van der Waals surface area contributed by atoms with Gasteiger partial charge in [0.1, 0.15) is 0 Å². The molecule has 5 rings (SSSR count). The molecular weight excluding hydrogens is 415 g/mol. The molecule has 0 bridgehead atoms. The second-order valence-electron chi connectivity index (χ2n) is 7.32. The van der Waals surface area contributed by atoms with E-state index in [-0.39, 0.29) is 11.9 Å². The number of hydrogen-bond acceptors (Lipinski definition) is 1. The van der Waals surface area contributed by atoms with E-state index in [1.807, 2.05) is 59.5 Å². The van der Waals surface area contributed by atoms with Crippen LogP contribution >= 0.6 is 23.2 Å². The predicted molar refractivity (Wildman–Crippen MR) is 123 cm³/mol. The Morgan fingerprint density at radius 3 is 2.57 bits per heavy atom. The zero-order valence-corrected chi connectivity index (χ0v) is 17.5. The molecule has 148 valence electrons. The summed E-state index contributed by atoms with van der Waals surface area (Å²) in [5.74, 6) is 0.00827. The van der Waals surface area contributed by atoms with Gasteiger partial charge >= 0.3 is 0 Å². The molecule has 30 heavy (non-hydrogen) atoms. The molecule has 3 aromatic carbocycles. The van der Waals surface area contributed by atoms with Crippen LogP contribution in [-0.4, -0.2) is 22.3 Å². The molecule has 3 nitrogen and oxygen atoms in total. The van der Waals surface area contributed by atoms with Crippen molar-refractivity contribution in [3.8, 4) is 11.3 Å². The summed E-state index contributed by atoms with van der Waals surface area (Å²) in [6.45, 7) is 4.32. The number of aromatic amines is 1. The van der Waals surface area contributed by atoms with Crippen LogP contribution in [-0.2, 0) is 0 Å². The summed E-state index contributed by atoms with van der Waals surface area (Å²) < 4.78 is 0. The van der Waals surface area contributed by atoms with Crippen LogP contribution in [0.25, 0.3) is 22.2 Å². The van der Waals surface area contributed by atoms with Crippen LogP contribution in [0.15, 0.2) is 79.4 Å². The first-order chi connectivity index (χ1) is 14.6. The second-order valence-corrected chi connectivity index (χ2v) is 8.16. The number of nitrogens with zero attached hydrogens (tertiary/aromatic N) is 1. The fraction of sp³-hybridized carbons (Fsp3) is 0.0800. The Morgan fingerprint density at radius 2 is 1.77 bits per heavy atom. The molecule has 0 radical (unpaired) electrons. The molecule has 1 atom stereocenters. The van der Waals surface area contributed by atoms with Crippen LogP contribution in [0.1, 0.15) is 27.5 Å². The maximum absolute atomic E-state index is 13.2. The van der Waals surface area contributed by atoms with E-state index in [0.717, 1.165) is 38.9 Å². The molecule has 2 heterocycles. The SMILES string of the molecule is C=CCN1C(=O)c2ccccc2[C@H]1c1c(-c2ccc(Cl)cc2Cl)[nH]c2ccccc12. The van der Waals surface area contributed by atoms with E-state index in [1.165, 1.54) is 0 Å². The number of aromatic nitrogens is 1. The van der Waals surface area contributed by atoms with Crippen molar-refractivity contribution in [2.75, 3.05) is 6.54 Å². The molecule has 5 heteroatoms. The highest BCUT2D eigenvalue weighted by Gasteiger charge is 2.39. The lowest BCUT2D eigenvalue weighted by molar-refractivity contribution is 0.0771. The van der Waals surface area contributed by atoms with Gasteiger partial charge in [-0.3, -0.25) is 4.79 Å². The van der Waals surface area contributed by atoms with E-state index in [4.69, 9.17) is 23.2 Å². The Bertz CT molecular complexity index is 1310. The minimum Gasteiger partial charge on any atom is -0.354 e. The van der Waals surface area contributed by atoms with Gasteiger partial charge in [-0.05, 0) is 35.9 Å². The van der Waals surface area contributed by atoms with E-state index in [2.05, 4.69) is 17.6 Å². The van der Waals surface area contributed by atoms with Gasteiger partial charge in [0, 0.05) is 39.2 Å². The molecule has 1 N–H and O–H groups in total. The third-order valence-electron chi connectivity index (χ3n) is 5.60. The molecule has 0 fully saturated rings. The average Bonchev–Trinajstić information content (AvgIpc) is 3.24. The number of carbonyl (C=O) groups is 1. The Morgan fingerprint density at radius 1 is 1.00 bits per heavy atom. The average molecular weight is 433 g/mol. The highest BCUT2D eigenvalue weighted by atomic mass is 35.5. The first kappa shape index (κ1) is 19.0. The van der Waals surface area contributed by atoms with Crippen LogP contribution in [0.3, 0.4) is 0 Å². The van der Waals surface area contributed by atoms with Gasteiger partial charge in [0.15, 0.2) is 0 Å². The van der Waals surface area contributed by atoms with Gasteiger partial charge in [0.25, 0.3) is 5.91 Å². The van der Waals surface area contributed by atoms with Crippen LogP contribution in [0.4, 0.5) is 0 Å². The fourth-order valence-corrected chi connectivity index (χ4v) is 4.86. The smallest absolute Gasteiger partial charge is 0.255 e. The molecular formula is C25H18Cl2N2O. The molecule has 0 unspecified atom stereocenters. The number of halogens is 2. The van der Waals surface area contributed by atoms with Gasteiger partial charge in [-0.1, -0.05) is 65.7 Å². The fourth-order valence-electron chi connectivity index (χ4n) is 4.36. The Hall–Kier alpha value is -3.01. The van der Waals surface area contributed by atoms with Gasteiger partial charge in [0.2, 0.25) is 0 Å². The van der Waals surface area contributed by atoms with Crippen LogP contribution in [0, 0.1) is 0 Å². The van der Waals surface area contributed by atoms with Gasteiger partial charge in [0.05, 0.1) is 16.8 Å². The molecule has 0 spiro atoms. The van der Waals surface area contributed by atoms with E-state index in [1.54, 1.807) is 12.1 Å². The third-order valence-corrected chi connectivity index (χ3v) is 6.15. The van der Waals surface area contributed by atoms with Gasteiger partial charge < -0.3 is 9.88 Å². The summed E-state index contributed by atoms with van der Waals surface area (Å²) in [7, 11) is 0. The minimum atomic E-state index is -0.246. The van der Waals surface area contributed by atoms with Crippen molar-refractivity contribution >= 4 is 40.0 Å². The number of fused-ring (bicyclic) bond motifs is 2. The van der Waals surface area contributed by atoms with Gasteiger partial charge in [-0.15, -0.1) is 6.58 Å². The first-order valence-corrected chi connectivity index (χ1v) is 10.4. The van der Waals surface area contributed by atoms with Gasteiger partial charge in [-0.25, -0.2) is 0 Å². The number of carbonyl (C=O) groups excluding carboxylic acids is 1. The summed E-state index contributed by atoms with van der Waals surface area (Å²) in [4.78, 5) is 18.6. The largest absolute Gasteiger partial charge is 0.354 e. The summed E-state index contributed by atoms with van der Waals surface area (Å²) in [5.41, 5.74) is 5.46. The highest BCUT2D eigenvalue weighted by molar-refractivity contribution is 6.36. The number of para-hydroxylation sites is 1. The van der Waals surface area contributed by atoms with Crippen molar-refractivity contribution in [3.63, 3.8) is 0 Å². The molecule has 0 saturated heterocycles. The summed E-state index contributed by atoms with van der Waals surface area (Å²) in [6, 6.07) is 21.1. The molecule has 0 aliphatic carbocycles. The number of H-pyrrole nitrogens is 1. The maximum Gasteiger partial charge on any atom is 0.255 e. The summed E-state index contributed by atoms with van der Waals surface area (Å²) >= 11 is 12.7. The Labute approximate surface area is 184 Å². The zero-order valence-electron chi connectivity index (χ0n) is 16.0. The summed E-state index contributed by atoms with van der Waals surface area (Å²) in [6.07, 6.45) is 1.76. The third kappa shape index (κ3) is 2.85. The number of hydrogen-bond donors (Lipinski definition) is 1. The van der Waals surface area contributed by atoms with Crippen molar-refractivity contribution < 1.29 is 4.79 Å². The normalized spacial score (nSPS) is 15.6. The number of rotatable bonds is 4. The lowest BCUT2D eigenvalue weighted by atomic mass is 9.93. The van der Waals surface area contributed by atoms with E-state index in [9.17, 15) is 4.79 Å². The maximum atomic E-state index is 13.2. The number of nitrogens with one attached hydrogen (secondary N) is 1. The van der Waals surface area contributed by atoms with Crippen LogP contribution in [0.5, 0.6) is 0 Å². The Kier molecular flexibility index (Phi) is 4.65. The van der Waals surface area contributed by atoms with E-state index >= 15 is 0 Å². The molecule has 0 saturated carbocycles. The molecule has 1 amide bonds. The van der Waals surface area contributed by atoms with Crippen LogP contribution in [0.2, 0.25) is 10.0 Å². The Balaban J connectivity index is 1.84. The standard InChI is InChI=1S/C25H18Cl2N2O/c1-2-13-29-24(16-7-3-4-8-17(16)25(29)30)22-19-9-5-6-10-21(19)28-23(22)18-12-11-15(26)14-20(18)27/h2-12,14,24,28H,1,13H2/t24-/m0/s1. The molecule has 1 aromatic heterocycles. The second kappa shape index (κ2) is 7.35. The lowest BCUT2D eigenvalue weighted by Gasteiger charge is -2.25. The van der Waals surface area contributed by atoms with Crippen molar-refractivity contribution in [1.29, 1.82) is 0 Å².